The fraction of sp³-hybridized carbons (Fsp3) is 0.636. The van der Waals surface area contributed by atoms with Crippen LogP contribution in [0, 0.1) is 11.8 Å². The lowest BCUT2D eigenvalue weighted by Crippen LogP contribution is -2.45. The van der Waals surface area contributed by atoms with Crippen LogP contribution in [0.5, 0.6) is 11.5 Å². The minimum Gasteiger partial charge on any atom is -0.497 e. The van der Waals surface area contributed by atoms with E-state index in [2.05, 4.69) is 5.32 Å². The third-order valence-corrected chi connectivity index (χ3v) is 5.86. The van der Waals surface area contributed by atoms with Crippen molar-refractivity contribution in [2.24, 2.45) is 11.8 Å². The molecular formula is C22H32N2O4. The Hall–Kier alpha value is -2.24. The molecule has 1 saturated carbocycles. The van der Waals surface area contributed by atoms with Crippen molar-refractivity contribution in [3.63, 3.8) is 0 Å². The number of carbonyl (C=O) groups excluding carboxylic acids is 2. The van der Waals surface area contributed by atoms with Gasteiger partial charge in [0.05, 0.1) is 13.7 Å². The predicted octanol–water partition coefficient (Wildman–Crippen LogP) is 3.01. The Kier molecular flexibility index (Phi) is 7.57. The van der Waals surface area contributed by atoms with Crippen molar-refractivity contribution >= 4 is 11.8 Å². The molecule has 6 heteroatoms. The van der Waals surface area contributed by atoms with E-state index in [0.717, 1.165) is 37.2 Å². The first kappa shape index (κ1) is 20.5. The highest BCUT2D eigenvalue weighted by atomic mass is 16.5. The molecule has 6 nitrogen and oxygen atoms in total. The summed E-state index contributed by atoms with van der Waals surface area (Å²) in [4.78, 5) is 27.0. The third-order valence-electron chi connectivity index (χ3n) is 5.86. The number of ether oxygens (including phenoxy) is 2. The molecule has 1 aromatic rings. The molecule has 3 rings (SSSR count). The fourth-order valence-electron chi connectivity index (χ4n) is 4.13. The number of nitrogens with one attached hydrogen (secondary N) is 1. The molecule has 28 heavy (non-hydrogen) atoms. The average molecular weight is 389 g/mol. The number of piperidine rings is 1. The van der Waals surface area contributed by atoms with Gasteiger partial charge in [0.1, 0.15) is 18.1 Å². The molecule has 1 aromatic carbocycles. The minimum atomic E-state index is -0.00334. The summed E-state index contributed by atoms with van der Waals surface area (Å²) in [6, 6.07) is 7.38. The summed E-state index contributed by atoms with van der Waals surface area (Å²) in [5, 5.41) is 2.96. The first-order valence-corrected chi connectivity index (χ1v) is 10.5. The van der Waals surface area contributed by atoms with Crippen molar-refractivity contribution in [1.82, 2.24) is 10.2 Å². The lowest BCUT2D eigenvalue weighted by molar-refractivity contribution is -0.140. The Morgan fingerprint density at radius 3 is 2.25 bits per heavy atom. The van der Waals surface area contributed by atoms with Gasteiger partial charge in [-0.25, -0.2) is 0 Å². The largest absolute Gasteiger partial charge is 0.497 e. The standard InChI is InChI=1S/C22H32N2O4/c1-27-19-7-9-20(10-8-19)28-16-13-23-21(25)17-11-14-24(15-12-17)22(26)18-5-3-2-4-6-18/h7-10,17-18H,2-6,11-16H2,1H3,(H,23,25). The van der Waals surface area contributed by atoms with Crippen LogP contribution in [0.15, 0.2) is 24.3 Å². The number of benzene rings is 1. The molecule has 154 valence electrons. The summed E-state index contributed by atoms with van der Waals surface area (Å²) >= 11 is 0. The molecule has 1 aliphatic carbocycles. The molecule has 1 N–H and O–H groups in total. The van der Waals surface area contributed by atoms with Crippen LogP contribution in [0.3, 0.4) is 0 Å². The second kappa shape index (κ2) is 10.3. The summed E-state index contributed by atoms with van der Waals surface area (Å²) in [5.74, 6) is 2.14. The molecular weight excluding hydrogens is 356 g/mol. The number of likely N-dealkylation sites (tertiary alicyclic amines) is 1. The number of carbonyl (C=O) groups is 2. The van der Waals surface area contributed by atoms with Crippen molar-refractivity contribution in [3.05, 3.63) is 24.3 Å². The number of amides is 2. The van der Waals surface area contributed by atoms with Crippen LogP contribution >= 0.6 is 0 Å². The Morgan fingerprint density at radius 2 is 1.61 bits per heavy atom. The van der Waals surface area contributed by atoms with Gasteiger partial charge in [0.15, 0.2) is 0 Å². The number of methoxy groups -OCH3 is 1. The third kappa shape index (κ3) is 5.63. The van der Waals surface area contributed by atoms with E-state index in [1.807, 2.05) is 29.2 Å². The molecule has 2 fully saturated rings. The minimum absolute atomic E-state index is 0.00334. The van der Waals surface area contributed by atoms with E-state index in [9.17, 15) is 9.59 Å². The van der Waals surface area contributed by atoms with Gasteiger partial charge in [0.25, 0.3) is 0 Å². The summed E-state index contributed by atoms with van der Waals surface area (Å²) in [6.07, 6.45) is 7.18. The number of rotatable bonds is 7. The quantitative estimate of drug-likeness (QED) is 0.729. The van der Waals surface area contributed by atoms with Crippen LogP contribution in [0.25, 0.3) is 0 Å². The van der Waals surface area contributed by atoms with Crippen molar-refractivity contribution in [1.29, 1.82) is 0 Å². The van der Waals surface area contributed by atoms with Crippen molar-refractivity contribution in [3.8, 4) is 11.5 Å². The van der Waals surface area contributed by atoms with Crippen LogP contribution in [0.1, 0.15) is 44.9 Å². The van der Waals surface area contributed by atoms with Gasteiger partial charge in [-0.15, -0.1) is 0 Å². The first-order chi connectivity index (χ1) is 13.7. The second-order valence-corrected chi connectivity index (χ2v) is 7.75. The lowest BCUT2D eigenvalue weighted by Gasteiger charge is -2.34. The van der Waals surface area contributed by atoms with Gasteiger partial charge >= 0.3 is 0 Å². The van der Waals surface area contributed by atoms with Crippen molar-refractivity contribution in [2.75, 3.05) is 33.4 Å². The van der Waals surface area contributed by atoms with E-state index in [-0.39, 0.29) is 17.7 Å². The number of hydrogen-bond acceptors (Lipinski definition) is 4. The summed E-state index contributed by atoms with van der Waals surface area (Å²) in [5.41, 5.74) is 0. The summed E-state index contributed by atoms with van der Waals surface area (Å²) in [6.45, 7) is 2.31. The van der Waals surface area contributed by atoms with E-state index in [0.29, 0.717) is 32.1 Å². The predicted molar refractivity (Wildman–Crippen MR) is 107 cm³/mol. The molecule has 1 heterocycles. The first-order valence-electron chi connectivity index (χ1n) is 10.5. The van der Waals surface area contributed by atoms with E-state index in [1.165, 1.54) is 19.3 Å². The molecule has 0 bridgehead atoms. The van der Waals surface area contributed by atoms with Gasteiger partial charge in [0, 0.05) is 24.9 Å². The maximum atomic E-state index is 12.6. The van der Waals surface area contributed by atoms with E-state index in [1.54, 1.807) is 7.11 Å². The van der Waals surface area contributed by atoms with Gasteiger partial charge in [-0.05, 0) is 49.9 Å². The Labute approximate surface area is 167 Å². The van der Waals surface area contributed by atoms with Crippen molar-refractivity contribution in [2.45, 2.75) is 44.9 Å². The highest BCUT2D eigenvalue weighted by molar-refractivity contribution is 5.81. The molecule has 1 aliphatic heterocycles. The summed E-state index contributed by atoms with van der Waals surface area (Å²) in [7, 11) is 1.63. The van der Waals surface area contributed by atoms with Gasteiger partial charge in [-0.1, -0.05) is 19.3 Å². The van der Waals surface area contributed by atoms with Gasteiger partial charge < -0.3 is 19.7 Å². The van der Waals surface area contributed by atoms with Gasteiger partial charge in [-0.2, -0.15) is 0 Å². The molecule has 2 aliphatic rings. The molecule has 0 spiro atoms. The number of nitrogens with zero attached hydrogens (tertiary/aromatic N) is 1. The van der Waals surface area contributed by atoms with Crippen LogP contribution < -0.4 is 14.8 Å². The van der Waals surface area contributed by atoms with Crippen LogP contribution in [0.2, 0.25) is 0 Å². The zero-order valence-corrected chi connectivity index (χ0v) is 16.8. The molecule has 0 atom stereocenters. The zero-order chi connectivity index (χ0) is 19.8. The second-order valence-electron chi connectivity index (χ2n) is 7.75. The maximum absolute atomic E-state index is 12.6. The topological polar surface area (TPSA) is 67.9 Å². The average Bonchev–Trinajstić information content (AvgIpc) is 2.77. The molecule has 0 radical (unpaired) electrons. The highest BCUT2D eigenvalue weighted by Gasteiger charge is 2.31. The SMILES string of the molecule is COc1ccc(OCCNC(=O)C2CCN(C(=O)C3CCCCC3)CC2)cc1. The Balaban J connectivity index is 1.32. The normalized spacial score (nSPS) is 18.5. The maximum Gasteiger partial charge on any atom is 0.225 e. The molecule has 0 unspecified atom stereocenters. The monoisotopic (exact) mass is 388 g/mol. The molecule has 0 aromatic heterocycles. The van der Waals surface area contributed by atoms with Crippen LogP contribution in [-0.2, 0) is 9.59 Å². The van der Waals surface area contributed by atoms with E-state index in [4.69, 9.17) is 9.47 Å². The smallest absolute Gasteiger partial charge is 0.225 e. The number of hydrogen-bond donors (Lipinski definition) is 1. The fourth-order valence-corrected chi connectivity index (χ4v) is 4.13. The lowest BCUT2D eigenvalue weighted by atomic mass is 9.87. The van der Waals surface area contributed by atoms with Crippen LogP contribution in [0.4, 0.5) is 0 Å². The van der Waals surface area contributed by atoms with Crippen LogP contribution in [-0.4, -0.2) is 50.1 Å². The van der Waals surface area contributed by atoms with E-state index >= 15 is 0 Å². The summed E-state index contributed by atoms with van der Waals surface area (Å²) < 4.78 is 10.7. The highest BCUT2D eigenvalue weighted by Crippen LogP contribution is 2.27. The molecule has 2 amide bonds. The Morgan fingerprint density at radius 1 is 0.964 bits per heavy atom. The molecule has 1 saturated heterocycles. The van der Waals surface area contributed by atoms with Gasteiger partial charge in [0.2, 0.25) is 11.8 Å². The Bertz CT molecular complexity index is 632. The zero-order valence-electron chi connectivity index (χ0n) is 16.8. The van der Waals surface area contributed by atoms with Gasteiger partial charge in [-0.3, -0.25) is 9.59 Å². The van der Waals surface area contributed by atoms with E-state index < -0.39 is 0 Å². The van der Waals surface area contributed by atoms with Crippen molar-refractivity contribution < 1.29 is 19.1 Å².